The first-order chi connectivity index (χ1) is 6.56. The third-order valence-electron chi connectivity index (χ3n) is 2.70. The van der Waals surface area contributed by atoms with Crippen molar-refractivity contribution in [2.75, 3.05) is 0 Å². The number of hydrogen-bond donors (Lipinski definition) is 0. The minimum absolute atomic E-state index is 0.571. The molecule has 0 saturated heterocycles. The zero-order chi connectivity index (χ0) is 10.7. The Morgan fingerprint density at radius 1 is 1.43 bits per heavy atom. The van der Waals surface area contributed by atoms with Crippen LogP contribution < -0.4 is 0 Å². The lowest BCUT2D eigenvalue weighted by molar-refractivity contribution is 0.626. The molecule has 1 aromatic heterocycles. The summed E-state index contributed by atoms with van der Waals surface area (Å²) in [5.74, 6) is 0.571. The third kappa shape index (κ3) is 2.22. The second kappa shape index (κ2) is 4.40. The molecule has 3 nitrogen and oxygen atoms in total. The van der Waals surface area contributed by atoms with Gasteiger partial charge in [0.25, 0.3) is 0 Å². The molecule has 0 radical (unpaired) electrons. The number of aromatic nitrogens is 3. The Labute approximate surface area is 85.8 Å². The number of rotatable bonds is 3. The van der Waals surface area contributed by atoms with E-state index in [9.17, 15) is 0 Å². The molecule has 0 aromatic carbocycles. The van der Waals surface area contributed by atoms with Gasteiger partial charge in [-0.2, -0.15) is 0 Å². The first-order valence-corrected chi connectivity index (χ1v) is 5.14. The van der Waals surface area contributed by atoms with Crippen molar-refractivity contribution in [1.82, 2.24) is 15.0 Å². The summed E-state index contributed by atoms with van der Waals surface area (Å²) in [5, 5.41) is 8.18. The van der Waals surface area contributed by atoms with Gasteiger partial charge in [0.05, 0.1) is 6.20 Å². The van der Waals surface area contributed by atoms with Crippen LogP contribution in [0.15, 0.2) is 11.8 Å². The molecule has 14 heavy (non-hydrogen) atoms. The Morgan fingerprint density at radius 3 is 2.50 bits per heavy atom. The first-order valence-electron chi connectivity index (χ1n) is 5.14. The Balaban J connectivity index is 2.99. The Morgan fingerprint density at radius 2 is 2.07 bits per heavy atom. The highest BCUT2D eigenvalue weighted by molar-refractivity contribution is 5.63. The van der Waals surface area contributed by atoms with Crippen LogP contribution in [0.2, 0.25) is 0 Å². The maximum Gasteiger partial charge on any atom is 0.108 e. The van der Waals surface area contributed by atoms with Gasteiger partial charge in [-0.25, -0.2) is 0 Å². The van der Waals surface area contributed by atoms with Crippen molar-refractivity contribution in [2.24, 2.45) is 5.92 Å². The van der Waals surface area contributed by atoms with E-state index in [0.717, 1.165) is 12.2 Å². The van der Waals surface area contributed by atoms with Crippen LogP contribution >= 0.6 is 0 Å². The Kier molecular flexibility index (Phi) is 3.44. The van der Waals surface area contributed by atoms with Crippen molar-refractivity contribution in [3.63, 3.8) is 0 Å². The van der Waals surface area contributed by atoms with Gasteiger partial charge in [-0.15, -0.1) is 5.10 Å². The lowest BCUT2D eigenvalue weighted by Crippen LogP contribution is -1.94. The summed E-state index contributed by atoms with van der Waals surface area (Å²) in [5.41, 5.74) is 3.63. The standard InChI is InChI=1S/C11H19N3/c1-6-14-7-11(12-13-14)10(5)9(4)8(2)3/h7-8H,6H2,1-5H3/b10-9-. The average molecular weight is 193 g/mol. The van der Waals surface area contributed by atoms with Crippen LogP contribution in [-0.4, -0.2) is 15.0 Å². The van der Waals surface area contributed by atoms with Gasteiger partial charge in [0.2, 0.25) is 0 Å². The van der Waals surface area contributed by atoms with Crippen molar-refractivity contribution in [2.45, 2.75) is 41.2 Å². The van der Waals surface area contributed by atoms with E-state index in [-0.39, 0.29) is 0 Å². The molecule has 0 fully saturated rings. The van der Waals surface area contributed by atoms with Crippen LogP contribution in [0.4, 0.5) is 0 Å². The second-order valence-electron chi connectivity index (χ2n) is 3.92. The van der Waals surface area contributed by atoms with E-state index in [4.69, 9.17) is 0 Å². The highest BCUT2D eigenvalue weighted by atomic mass is 15.4. The minimum atomic E-state index is 0.571. The fraction of sp³-hybridized carbons (Fsp3) is 0.636. The van der Waals surface area contributed by atoms with E-state index in [1.807, 2.05) is 10.9 Å². The van der Waals surface area contributed by atoms with Gasteiger partial charge < -0.3 is 0 Å². The lowest BCUT2D eigenvalue weighted by atomic mass is 9.98. The summed E-state index contributed by atoms with van der Waals surface area (Å²) >= 11 is 0. The van der Waals surface area contributed by atoms with Crippen LogP contribution in [0, 0.1) is 5.92 Å². The van der Waals surface area contributed by atoms with Gasteiger partial charge >= 0.3 is 0 Å². The highest BCUT2D eigenvalue weighted by Gasteiger charge is 2.07. The molecule has 0 bridgehead atoms. The predicted octanol–water partition coefficient (Wildman–Crippen LogP) is 2.75. The fourth-order valence-electron chi connectivity index (χ4n) is 1.26. The van der Waals surface area contributed by atoms with E-state index in [1.165, 1.54) is 11.1 Å². The van der Waals surface area contributed by atoms with E-state index < -0.39 is 0 Å². The molecule has 78 valence electrons. The van der Waals surface area contributed by atoms with Crippen molar-refractivity contribution < 1.29 is 0 Å². The molecule has 0 aliphatic heterocycles. The summed E-state index contributed by atoms with van der Waals surface area (Å²) in [6, 6.07) is 0. The van der Waals surface area contributed by atoms with Crippen LogP contribution in [0.3, 0.4) is 0 Å². The Bertz CT molecular complexity index is 334. The number of aryl methyl sites for hydroxylation is 1. The molecule has 0 spiro atoms. The largest absolute Gasteiger partial charge is 0.252 e. The monoisotopic (exact) mass is 193 g/mol. The van der Waals surface area contributed by atoms with Crippen LogP contribution in [0.5, 0.6) is 0 Å². The first kappa shape index (κ1) is 11.0. The molecule has 1 aromatic rings. The topological polar surface area (TPSA) is 30.7 Å². The highest BCUT2D eigenvalue weighted by Crippen LogP contribution is 2.20. The summed E-state index contributed by atoms with van der Waals surface area (Å²) in [4.78, 5) is 0. The SMILES string of the molecule is CCn1cc(/C(C)=C(/C)C(C)C)nn1. The zero-order valence-corrected chi connectivity index (χ0v) is 9.70. The quantitative estimate of drug-likeness (QED) is 0.739. The summed E-state index contributed by atoms with van der Waals surface area (Å²) in [6.07, 6.45) is 2.00. The molecular weight excluding hydrogens is 174 g/mol. The average Bonchev–Trinajstić information content (AvgIpc) is 2.63. The molecule has 0 unspecified atom stereocenters. The van der Waals surface area contributed by atoms with Gasteiger partial charge in [-0.1, -0.05) is 24.6 Å². The second-order valence-corrected chi connectivity index (χ2v) is 3.92. The summed E-state index contributed by atoms with van der Waals surface area (Å²) < 4.78 is 1.85. The van der Waals surface area contributed by atoms with Crippen LogP contribution in [0.25, 0.3) is 5.57 Å². The van der Waals surface area contributed by atoms with Crippen molar-refractivity contribution >= 4 is 5.57 Å². The normalized spacial score (nSPS) is 13.3. The van der Waals surface area contributed by atoms with E-state index >= 15 is 0 Å². The third-order valence-corrected chi connectivity index (χ3v) is 2.70. The fourth-order valence-corrected chi connectivity index (χ4v) is 1.26. The smallest absolute Gasteiger partial charge is 0.108 e. The van der Waals surface area contributed by atoms with E-state index in [1.54, 1.807) is 0 Å². The molecule has 0 amide bonds. The molecule has 0 saturated carbocycles. The maximum atomic E-state index is 4.15. The molecule has 0 aliphatic rings. The molecule has 1 rings (SSSR count). The molecule has 0 N–H and O–H groups in total. The predicted molar refractivity (Wildman–Crippen MR) is 58.8 cm³/mol. The Hall–Kier alpha value is -1.12. The van der Waals surface area contributed by atoms with Crippen LogP contribution in [-0.2, 0) is 6.54 Å². The summed E-state index contributed by atoms with van der Waals surface area (Å²) in [6.45, 7) is 11.6. The number of allylic oxidation sites excluding steroid dienone is 2. The van der Waals surface area contributed by atoms with Crippen molar-refractivity contribution in [1.29, 1.82) is 0 Å². The van der Waals surface area contributed by atoms with Gasteiger partial charge in [0.15, 0.2) is 0 Å². The number of hydrogen-bond acceptors (Lipinski definition) is 2. The molecule has 0 aliphatic carbocycles. The number of nitrogens with zero attached hydrogens (tertiary/aromatic N) is 3. The van der Waals surface area contributed by atoms with Crippen molar-refractivity contribution in [3.8, 4) is 0 Å². The maximum absolute atomic E-state index is 4.15. The van der Waals surface area contributed by atoms with Crippen LogP contribution in [0.1, 0.15) is 40.3 Å². The lowest BCUT2D eigenvalue weighted by Gasteiger charge is -2.08. The zero-order valence-electron chi connectivity index (χ0n) is 9.70. The van der Waals surface area contributed by atoms with Gasteiger partial charge in [-0.3, -0.25) is 4.68 Å². The van der Waals surface area contributed by atoms with Gasteiger partial charge in [-0.05, 0) is 32.3 Å². The minimum Gasteiger partial charge on any atom is -0.252 e. The van der Waals surface area contributed by atoms with E-state index in [2.05, 4.69) is 44.9 Å². The molecule has 3 heteroatoms. The molecule has 0 atom stereocenters. The van der Waals surface area contributed by atoms with E-state index in [0.29, 0.717) is 5.92 Å². The summed E-state index contributed by atoms with van der Waals surface area (Å²) in [7, 11) is 0. The van der Waals surface area contributed by atoms with Gasteiger partial charge in [0.1, 0.15) is 5.69 Å². The molecular formula is C11H19N3. The van der Waals surface area contributed by atoms with Crippen molar-refractivity contribution in [3.05, 3.63) is 17.5 Å². The molecule has 1 heterocycles. The van der Waals surface area contributed by atoms with Gasteiger partial charge in [0, 0.05) is 6.54 Å².